The molecule has 0 aliphatic rings. The Morgan fingerprint density at radius 1 is 0.824 bits per heavy atom. The third-order valence-electron chi connectivity index (χ3n) is 2.83. The number of nitriles is 1. The van der Waals surface area contributed by atoms with Crippen molar-refractivity contribution in [3.05, 3.63) is 58.7 Å². The van der Waals surface area contributed by atoms with Gasteiger partial charge in [-0.25, -0.2) is 0 Å². The summed E-state index contributed by atoms with van der Waals surface area (Å²) in [5.41, 5.74) is 6.52. The van der Waals surface area contributed by atoms with Gasteiger partial charge in [0.05, 0.1) is 11.6 Å². The second kappa shape index (κ2) is 4.43. The maximum Gasteiger partial charge on any atom is 0.0998 e. The lowest BCUT2D eigenvalue weighted by Crippen LogP contribution is -1.88. The zero-order valence-electron chi connectivity index (χ0n) is 10.4. The normalized spacial score (nSPS) is 10.0. The van der Waals surface area contributed by atoms with Gasteiger partial charge in [0.15, 0.2) is 0 Å². The molecule has 0 heterocycles. The van der Waals surface area contributed by atoms with E-state index in [1.165, 1.54) is 16.7 Å². The first-order valence-corrected chi connectivity index (χ1v) is 5.69. The van der Waals surface area contributed by atoms with Crippen LogP contribution in [0.3, 0.4) is 0 Å². The van der Waals surface area contributed by atoms with Crippen molar-refractivity contribution >= 4 is 0 Å². The molecule has 84 valence electrons. The molecule has 0 aromatic heterocycles. The predicted molar refractivity (Wildman–Crippen MR) is 70.8 cm³/mol. The van der Waals surface area contributed by atoms with Crippen molar-refractivity contribution in [2.45, 2.75) is 20.8 Å². The van der Waals surface area contributed by atoms with E-state index in [4.69, 9.17) is 5.26 Å². The van der Waals surface area contributed by atoms with Crippen LogP contribution >= 0.6 is 0 Å². The highest BCUT2D eigenvalue weighted by molar-refractivity contribution is 5.72. The first-order valence-electron chi connectivity index (χ1n) is 5.69. The molecule has 0 unspecified atom stereocenters. The lowest BCUT2D eigenvalue weighted by molar-refractivity contribution is 1.37. The average molecular weight is 221 g/mol. The van der Waals surface area contributed by atoms with Gasteiger partial charge < -0.3 is 0 Å². The number of benzene rings is 2. The van der Waals surface area contributed by atoms with Crippen LogP contribution in [0.2, 0.25) is 0 Å². The van der Waals surface area contributed by atoms with Crippen molar-refractivity contribution in [1.82, 2.24) is 0 Å². The van der Waals surface area contributed by atoms with Crippen molar-refractivity contribution in [3.63, 3.8) is 0 Å². The molecule has 0 aliphatic heterocycles. The summed E-state index contributed by atoms with van der Waals surface area (Å²) in [7, 11) is 0. The van der Waals surface area contributed by atoms with E-state index in [0.717, 1.165) is 16.7 Å². The minimum absolute atomic E-state index is 0.737. The first kappa shape index (κ1) is 11.4. The molecule has 0 atom stereocenters. The van der Waals surface area contributed by atoms with Gasteiger partial charge in [-0.3, -0.25) is 0 Å². The third-order valence-corrected chi connectivity index (χ3v) is 2.83. The van der Waals surface area contributed by atoms with Gasteiger partial charge in [0.25, 0.3) is 0 Å². The lowest BCUT2D eigenvalue weighted by atomic mass is 9.95. The maximum atomic E-state index is 9.16. The molecule has 0 saturated carbocycles. The van der Waals surface area contributed by atoms with Gasteiger partial charge in [-0.1, -0.05) is 47.0 Å². The Bertz CT molecular complexity index is 583. The first-order chi connectivity index (χ1) is 8.10. The zero-order valence-corrected chi connectivity index (χ0v) is 10.4. The number of hydrogen-bond donors (Lipinski definition) is 0. The Morgan fingerprint density at radius 2 is 1.47 bits per heavy atom. The van der Waals surface area contributed by atoms with Crippen molar-refractivity contribution in [2.75, 3.05) is 0 Å². The van der Waals surface area contributed by atoms with Gasteiger partial charge in [-0.15, -0.1) is 0 Å². The molecule has 2 rings (SSSR count). The zero-order chi connectivity index (χ0) is 12.4. The molecule has 17 heavy (non-hydrogen) atoms. The molecule has 0 bridgehead atoms. The SMILES string of the molecule is Cc1cc(C)cc(-c2cc(C)ccc2C#N)c1. The molecule has 0 spiro atoms. The third kappa shape index (κ3) is 2.37. The van der Waals surface area contributed by atoms with E-state index in [0.29, 0.717) is 0 Å². The number of rotatable bonds is 1. The van der Waals surface area contributed by atoms with E-state index in [1.807, 2.05) is 19.1 Å². The Morgan fingerprint density at radius 3 is 2.06 bits per heavy atom. The highest BCUT2D eigenvalue weighted by atomic mass is 14.2. The molecule has 0 radical (unpaired) electrons. The largest absolute Gasteiger partial charge is 0.192 e. The summed E-state index contributed by atoms with van der Waals surface area (Å²) in [4.78, 5) is 0. The Hall–Kier alpha value is -2.07. The van der Waals surface area contributed by atoms with Crippen LogP contribution in [0.15, 0.2) is 36.4 Å². The summed E-state index contributed by atoms with van der Waals surface area (Å²) in [5.74, 6) is 0. The van der Waals surface area contributed by atoms with Gasteiger partial charge in [0.1, 0.15) is 0 Å². The molecule has 0 fully saturated rings. The molecule has 1 nitrogen and oxygen atoms in total. The van der Waals surface area contributed by atoms with E-state index in [1.54, 1.807) is 0 Å². The Labute approximate surface area is 102 Å². The standard InChI is InChI=1S/C16H15N/c1-11-4-5-14(10-17)16(9-11)15-7-12(2)6-13(3)8-15/h4-9H,1-3H3. The van der Waals surface area contributed by atoms with Crippen LogP contribution in [0.25, 0.3) is 11.1 Å². The molecular weight excluding hydrogens is 206 g/mol. The Balaban J connectivity index is 2.67. The molecule has 0 saturated heterocycles. The summed E-state index contributed by atoms with van der Waals surface area (Å²) in [6.07, 6.45) is 0. The van der Waals surface area contributed by atoms with Crippen LogP contribution < -0.4 is 0 Å². The van der Waals surface area contributed by atoms with Crippen LogP contribution in [-0.2, 0) is 0 Å². The Kier molecular flexibility index (Phi) is 2.97. The number of nitrogens with zero attached hydrogens (tertiary/aromatic N) is 1. The highest BCUT2D eigenvalue weighted by Crippen LogP contribution is 2.26. The van der Waals surface area contributed by atoms with Crippen molar-refractivity contribution in [2.24, 2.45) is 0 Å². The molecule has 2 aromatic rings. The number of hydrogen-bond acceptors (Lipinski definition) is 1. The molecule has 0 amide bonds. The quantitative estimate of drug-likeness (QED) is 0.709. The van der Waals surface area contributed by atoms with Crippen molar-refractivity contribution in [1.29, 1.82) is 5.26 Å². The van der Waals surface area contributed by atoms with Gasteiger partial charge in [0, 0.05) is 0 Å². The maximum absolute atomic E-state index is 9.16. The predicted octanol–water partition coefficient (Wildman–Crippen LogP) is 4.15. The molecular formula is C16H15N. The second-order valence-electron chi connectivity index (χ2n) is 4.54. The van der Waals surface area contributed by atoms with Crippen LogP contribution in [0, 0.1) is 32.1 Å². The van der Waals surface area contributed by atoms with Crippen LogP contribution in [-0.4, -0.2) is 0 Å². The van der Waals surface area contributed by atoms with Gasteiger partial charge in [-0.05, 0) is 38.0 Å². The fourth-order valence-electron chi connectivity index (χ4n) is 2.12. The minimum atomic E-state index is 0.737. The monoisotopic (exact) mass is 221 g/mol. The summed E-state index contributed by atoms with van der Waals surface area (Å²) in [6, 6.07) is 14.6. The smallest absolute Gasteiger partial charge is 0.0998 e. The van der Waals surface area contributed by atoms with Crippen LogP contribution in [0.1, 0.15) is 22.3 Å². The van der Waals surface area contributed by atoms with E-state index in [-0.39, 0.29) is 0 Å². The summed E-state index contributed by atoms with van der Waals surface area (Å²) in [6.45, 7) is 6.21. The van der Waals surface area contributed by atoms with E-state index < -0.39 is 0 Å². The second-order valence-corrected chi connectivity index (χ2v) is 4.54. The molecule has 1 heteroatoms. The molecule has 2 aromatic carbocycles. The molecule has 0 aliphatic carbocycles. The number of aryl methyl sites for hydroxylation is 3. The summed E-state index contributed by atoms with van der Waals surface area (Å²) < 4.78 is 0. The van der Waals surface area contributed by atoms with Crippen LogP contribution in [0.4, 0.5) is 0 Å². The van der Waals surface area contributed by atoms with Crippen molar-refractivity contribution in [3.8, 4) is 17.2 Å². The van der Waals surface area contributed by atoms with Crippen LogP contribution in [0.5, 0.6) is 0 Å². The molecule has 0 N–H and O–H groups in total. The van der Waals surface area contributed by atoms with Gasteiger partial charge >= 0.3 is 0 Å². The van der Waals surface area contributed by atoms with E-state index in [2.05, 4.69) is 44.2 Å². The van der Waals surface area contributed by atoms with E-state index in [9.17, 15) is 0 Å². The lowest BCUT2D eigenvalue weighted by Gasteiger charge is -2.08. The summed E-state index contributed by atoms with van der Waals surface area (Å²) in [5, 5.41) is 9.16. The highest BCUT2D eigenvalue weighted by Gasteiger charge is 2.06. The summed E-state index contributed by atoms with van der Waals surface area (Å²) >= 11 is 0. The fourth-order valence-corrected chi connectivity index (χ4v) is 2.12. The fraction of sp³-hybridized carbons (Fsp3) is 0.188. The van der Waals surface area contributed by atoms with Gasteiger partial charge in [0.2, 0.25) is 0 Å². The minimum Gasteiger partial charge on any atom is -0.192 e. The van der Waals surface area contributed by atoms with Gasteiger partial charge in [-0.2, -0.15) is 5.26 Å². The van der Waals surface area contributed by atoms with E-state index >= 15 is 0 Å². The van der Waals surface area contributed by atoms with Crippen molar-refractivity contribution < 1.29 is 0 Å². The average Bonchev–Trinajstić information content (AvgIpc) is 2.27. The topological polar surface area (TPSA) is 23.8 Å².